The van der Waals surface area contributed by atoms with Gasteiger partial charge >= 0.3 is 24.1 Å². The van der Waals surface area contributed by atoms with Crippen LogP contribution < -0.4 is 0 Å². The molecule has 0 heterocycles. The highest BCUT2D eigenvalue weighted by atomic mass is 32.2. The molecule has 0 radical (unpaired) electrons. The highest BCUT2D eigenvalue weighted by Crippen LogP contribution is 2.22. The zero-order chi connectivity index (χ0) is 37.0. The lowest BCUT2D eigenvalue weighted by Gasteiger charge is -2.35. The van der Waals surface area contributed by atoms with Gasteiger partial charge in [0.1, 0.15) is 13.2 Å². The van der Waals surface area contributed by atoms with E-state index in [0.29, 0.717) is 11.5 Å². The van der Waals surface area contributed by atoms with Crippen LogP contribution in [0.4, 0.5) is 9.59 Å². The lowest BCUT2D eigenvalue weighted by Crippen LogP contribution is -2.51. The fourth-order valence-electron chi connectivity index (χ4n) is 5.36. The van der Waals surface area contributed by atoms with Crippen LogP contribution >= 0.6 is 23.5 Å². The third kappa shape index (κ3) is 14.4. The first-order valence-corrected chi connectivity index (χ1v) is 19.2. The van der Waals surface area contributed by atoms with Gasteiger partial charge in [-0.15, -0.1) is 0 Å². The number of aliphatic carboxylic acids is 2. The van der Waals surface area contributed by atoms with Gasteiger partial charge in [-0.05, 0) is 22.3 Å². The Morgan fingerprint density at radius 3 is 1.12 bits per heavy atom. The van der Waals surface area contributed by atoms with Crippen molar-refractivity contribution >= 4 is 47.6 Å². The van der Waals surface area contributed by atoms with Gasteiger partial charge in [0.15, 0.2) is 0 Å². The minimum absolute atomic E-state index is 0.0340. The zero-order valence-corrected chi connectivity index (χ0v) is 30.5. The minimum Gasteiger partial charge on any atom is -0.481 e. The van der Waals surface area contributed by atoms with Gasteiger partial charge in [0.25, 0.3) is 0 Å². The maximum atomic E-state index is 13.8. The Morgan fingerprint density at radius 2 is 0.808 bits per heavy atom. The van der Waals surface area contributed by atoms with Crippen LogP contribution in [0.5, 0.6) is 0 Å². The molecule has 0 unspecified atom stereocenters. The average molecular weight is 745 g/mol. The molecule has 0 bridgehead atoms. The molecule has 4 aromatic carbocycles. The molecule has 12 heteroatoms. The number of thioether (sulfide) groups is 2. The molecule has 0 fully saturated rings. The summed E-state index contributed by atoms with van der Waals surface area (Å²) >= 11 is 2.98. The van der Waals surface area contributed by atoms with Gasteiger partial charge < -0.3 is 29.5 Å². The van der Waals surface area contributed by atoms with Crippen LogP contribution in [0.2, 0.25) is 0 Å². The van der Waals surface area contributed by atoms with E-state index >= 15 is 0 Å². The van der Waals surface area contributed by atoms with E-state index in [1.165, 1.54) is 33.3 Å². The highest BCUT2D eigenvalue weighted by molar-refractivity contribution is 7.98. The Kier molecular flexibility index (Phi) is 16.9. The molecule has 0 aliphatic carbocycles. The normalized spacial score (nSPS) is 11.9. The van der Waals surface area contributed by atoms with E-state index in [0.717, 1.165) is 22.3 Å². The van der Waals surface area contributed by atoms with Crippen LogP contribution in [0.25, 0.3) is 0 Å². The van der Waals surface area contributed by atoms with Gasteiger partial charge in [0.05, 0.1) is 24.9 Å². The summed E-state index contributed by atoms with van der Waals surface area (Å²) in [4.78, 5) is 54.6. The van der Waals surface area contributed by atoms with Crippen LogP contribution in [0.1, 0.15) is 35.1 Å². The molecule has 4 aromatic rings. The van der Waals surface area contributed by atoms with Crippen molar-refractivity contribution in [3.63, 3.8) is 0 Å². The lowest BCUT2D eigenvalue weighted by molar-refractivity contribution is -0.139. The summed E-state index contributed by atoms with van der Waals surface area (Å²) in [7, 11) is 0. The predicted octanol–water partition coefficient (Wildman–Crippen LogP) is 7.82. The molecule has 2 N–H and O–H groups in total. The molecular formula is C40H44N2O8S2. The van der Waals surface area contributed by atoms with Crippen LogP contribution in [-0.4, -0.2) is 80.8 Å². The van der Waals surface area contributed by atoms with Gasteiger partial charge in [-0.1, -0.05) is 121 Å². The maximum Gasteiger partial charge on any atom is 0.410 e. The Bertz CT molecular complexity index is 1540. The third-order valence-electron chi connectivity index (χ3n) is 8.01. The van der Waals surface area contributed by atoms with Crippen molar-refractivity contribution in [3.05, 3.63) is 144 Å². The quantitative estimate of drug-likeness (QED) is 0.0870. The van der Waals surface area contributed by atoms with Gasteiger partial charge in [0.2, 0.25) is 0 Å². The summed E-state index contributed by atoms with van der Waals surface area (Å²) in [5, 5.41) is 19.8. The number of amides is 2. The Labute approximate surface area is 313 Å². The van der Waals surface area contributed by atoms with Crippen molar-refractivity contribution in [1.82, 2.24) is 9.80 Å². The largest absolute Gasteiger partial charge is 0.481 e. The van der Waals surface area contributed by atoms with Crippen molar-refractivity contribution in [2.45, 2.75) is 49.6 Å². The summed E-state index contributed by atoms with van der Waals surface area (Å²) < 4.78 is 11.4. The zero-order valence-electron chi connectivity index (χ0n) is 28.8. The summed E-state index contributed by atoms with van der Waals surface area (Å²) in [5.41, 5.74) is 3.62. The molecule has 0 aliphatic heterocycles. The number of hydrogen-bond acceptors (Lipinski definition) is 8. The van der Waals surface area contributed by atoms with Crippen LogP contribution in [0.3, 0.4) is 0 Å². The Hall–Kier alpha value is -4.94. The minimum atomic E-state index is -1.09. The van der Waals surface area contributed by atoms with Crippen LogP contribution in [0.15, 0.2) is 121 Å². The second kappa shape index (κ2) is 22.1. The van der Waals surface area contributed by atoms with E-state index in [-0.39, 0.29) is 50.7 Å². The summed E-state index contributed by atoms with van der Waals surface area (Å²) in [6.45, 7) is -0.295. The Balaban J connectivity index is 1.58. The van der Waals surface area contributed by atoms with E-state index < -0.39 is 36.2 Å². The number of carbonyl (C=O) groups excluding carboxylic acids is 2. The lowest BCUT2D eigenvalue weighted by atomic mass is 10.2. The number of ether oxygens (including phenoxy) is 2. The number of carboxylic acids is 2. The van der Waals surface area contributed by atoms with Crippen LogP contribution in [0, 0.1) is 0 Å². The molecule has 2 atom stereocenters. The second-order valence-corrected chi connectivity index (χ2v) is 14.0. The van der Waals surface area contributed by atoms with E-state index in [1.54, 1.807) is 0 Å². The molecule has 2 amide bonds. The fraction of sp³-hybridized carbons (Fsp3) is 0.300. The molecule has 0 saturated heterocycles. The number of carboxylic acid groups (broad SMARTS) is 2. The molecular weight excluding hydrogens is 701 g/mol. The number of carbonyl (C=O) groups is 4. The molecule has 0 spiro atoms. The van der Waals surface area contributed by atoms with E-state index in [1.807, 2.05) is 121 Å². The SMILES string of the molecule is O=C(O)C[C@H](CSCc1ccccc1)N(CCN(C(=O)OCc1ccccc1)[C@@H](CSCc1ccccc1)CC(=O)O)C(=O)OCc1ccccc1. The first kappa shape index (κ1) is 39.8. The summed E-state index contributed by atoms with van der Waals surface area (Å²) in [6, 6.07) is 36.1. The monoisotopic (exact) mass is 744 g/mol. The molecule has 0 aromatic heterocycles. The van der Waals surface area contributed by atoms with E-state index in [2.05, 4.69) is 0 Å². The smallest absolute Gasteiger partial charge is 0.410 e. The van der Waals surface area contributed by atoms with E-state index in [9.17, 15) is 29.4 Å². The Morgan fingerprint density at radius 1 is 0.500 bits per heavy atom. The van der Waals surface area contributed by atoms with E-state index in [4.69, 9.17) is 9.47 Å². The predicted molar refractivity (Wildman–Crippen MR) is 204 cm³/mol. The molecule has 0 saturated carbocycles. The standard InChI is InChI=1S/C40H44N2O8S2/c43-37(44)23-35(29-51-27-33-17-9-3-10-18-33)41(39(47)49-25-31-13-5-1-6-14-31)21-22-42(40(48)50-26-32-15-7-2-8-16-32)36(24-38(45)46)30-52-28-34-19-11-4-12-20-34/h1-20,35-36H,21-30H2,(H,43,44)(H,45,46)/t35-,36-/m1/s1. The summed E-state index contributed by atoms with van der Waals surface area (Å²) in [6.07, 6.45) is -2.18. The van der Waals surface area contributed by atoms with Gasteiger partial charge in [-0.25, -0.2) is 9.59 Å². The maximum absolute atomic E-state index is 13.8. The number of nitrogens with zero attached hydrogens (tertiary/aromatic N) is 2. The fourth-order valence-corrected chi connectivity index (χ4v) is 7.59. The van der Waals surface area contributed by atoms with Gasteiger partial charge in [0, 0.05) is 36.1 Å². The first-order valence-electron chi connectivity index (χ1n) is 16.9. The highest BCUT2D eigenvalue weighted by Gasteiger charge is 2.32. The van der Waals surface area contributed by atoms with Crippen molar-refractivity contribution < 1.29 is 38.9 Å². The van der Waals surface area contributed by atoms with Crippen LogP contribution in [-0.2, 0) is 43.8 Å². The van der Waals surface area contributed by atoms with Gasteiger partial charge in [-0.2, -0.15) is 23.5 Å². The molecule has 52 heavy (non-hydrogen) atoms. The van der Waals surface area contributed by atoms with Crippen molar-refractivity contribution in [2.24, 2.45) is 0 Å². The number of rotatable bonds is 21. The number of benzene rings is 4. The third-order valence-corrected chi connectivity index (χ3v) is 10.3. The first-order chi connectivity index (χ1) is 25.3. The average Bonchev–Trinajstić information content (AvgIpc) is 3.15. The van der Waals surface area contributed by atoms with Crippen molar-refractivity contribution in [1.29, 1.82) is 0 Å². The molecule has 274 valence electrons. The topological polar surface area (TPSA) is 134 Å². The van der Waals surface area contributed by atoms with Crippen molar-refractivity contribution in [3.8, 4) is 0 Å². The van der Waals surface area contributed by atoms with Crippen molar-refractivity contribution in [2.75, 3.05) is 24.6 Å². The number of hydrogen-bond donors (Lipinski definition) is 2. The van der Waals surface area contributed by atoms with Gasteiger partial charge in [-0.3, -0.25) is 9.59 Å². The molecule has 4 rings (SSSR count). The molecule has 0 aliphatic rings. The molecule has 10 nitrogen and oxygen atoms in total. The summed E-state index contributed by atoms with van der Waals surface area (Å²) in [5.74, 6) is -0.419. The second-order valence-electron chi connectivity index (χ2n) is 12.0.